The molecular weight excluding hydrogens is 476 g/mol. The summed E-state index contributed by atoms with van der Waals surface area (Å²) in [5.41, 5.74) is 3.09. The monoisotopic (exact) mass is 508 g/mol. The summed E-state index contributed by atoms with van der Waals surface area (Å²) in [5, 5.41) is 3.79. The third-order valence-corrected chi connectivity index (χ3v) is 7.07. The van der Waals surface area contributed by atoms with Gasteiger partial charge in [-0.1, -0.05) is 91.3 Å². The van der Waals surface area contributed by atoms with Gasteiger partial charge in [-0.15, -0.1) is 11.8 Å². The lowest BCUT2D eigenvalue weighted by atomic mass is 10.0. The first-order valence-electron chi connectivity index (χ1n) is 12.0. The van der Waals surface area contributed by atoms with Crippen LogP contribution < -0.4 is 5.32 Å². The Kier molecular flexibility index (Phi) is 10.7. The largest absolute Gasteiger partial charge is 0.352 e. The third kappa shape index (κ3) is 8.75. The van der Waals surface area contributed by atoms with Crippen molar-refractivity contribution >= 4 is 35.2 Å². The molecule has 6 heteroatoms. The van der Waals surface area contributed by atoms with Crippen molar-refractivity contribution in [3.63, 3.8) is 0 Å². The lowest BCUT2D eigenvalue weighted by molar-refractivity contribution is -0.139. The molecule has 0 aliphatic heterocycles. The Balaban J connectivity index is 1.83. The second kappa shape index (κ2) is 14.0. The molecule has 0 fully saturated rings. The zero-order chi connectivity index (χ0) is 25.0. The van der Waals surface area contributed by atoms with Gasteiger partial charge in [0, 0.05) is 29.8 Å². The quantitative estimate of drug-likeness (QED) is 0.320. The molecule has 35 heavy (non-hydrogen) atoms. The summed E-state index contributed by atoms with van der Waals surface area (Å²) in [6.07, 6.45) is 1.28. The first-order chi connectivity index (χ1) is 17.0. The van der Waals surface area contributed by atoms with Crippen molar-refractivity contribution in [2.24, 2.45) is 0 Å². The van der Waals surface area contributed by atoms with Crippen molar-refractivity contribution < 1.29 is 9.59 Å². The molecule has 0 heterocycles. The van der Waals surface area contributed by atoms with Crippen LogP contribution in [0.1, 0.15) is 37.0 Å². The molecule has 0 aliphatic carbocycles. The number of hydrogen-bond donors (Lipinski definition) is 1. The first kappa shape index (κ1) is 26.8. The minimum Gasteiger partial charge on any atom is -0.352 e. The molecule has 4 nitrogen and oxygen atoms in total. The normalized spacial score (nSPS) is 12.5. The number of benzene rings is 3. The summed E-state index contributed by atoms with van der Waals surface area (Å²) >= 11 is 7.64. The van der Waals surface area contributed by atoms with Crippen molar-refractivity contribution in [2.75, 3.05) is 5.75 Å². The highest BCUT2D eigenvalue weighted by Crippen LogP contribution is 2.20. The molecular formula is C29H33ClN2O2S. The molecule has 184 valence electrons. The number of carbonyl (C=O) groups excluding carboxylic acids is 2. The van der Waals surface area contributed by atoms with E-state index in [-0.39, 0.29) is 23.6 Å². The number of hydrogen-bond acceptors (Lipinski definition) is 3. The van der Waals surface area contributed by atoms with Gasteiger partial charge in [0.15, 0.2) is 0 Å². The van der Waals surface area contributed by atoms with Crippen LogP contribution in [0.2, 0.25) is 5.02 Å². The fraction of sp³-hybridized carbons (Fsp3) is 0.310. The van der Waals surface area contributed by atoms with Gasteiger partial charge >= 0.3 is 0 Å². The predicted octanol–water partition coefficient (Wildman–Crippen LogP) is 6.13. The number of halogens is 1. The van der Waals surface area contributed by atoms with Crippen LogP contribution in [0.3, 0.4) is 0 Å². The van der Waals surface area contributed by atoms with Crippen molar-refractivity contribution in [1.82, 2.24) is 10.2 Å². The number of carbonyl (C=O) groups is 2. The summed E-state index contributed by atoms with van der Waals surface area (Å²) < 4.78 is 0. The van der Waals surface area contributed by atoms with Crippen molar-refractivity contribution in [1.29, 1.82) is 0 Å². The maximum Gasteiger partial charge on any atom is 0.243 e. The summed E-state index contributed by atoms with van der Waals surface area (Å²) in [6.45, 7) is 4.40. The van der Waals surface area contributed by atoms with E-state index >= 15 is 0 Å². The Bertz CT molecular complexity index is 1080. The minimum absolute atomic E-state index is 0.0339. The van der Waals surface area contributed by atoms with Gasteiger partial charge < -0.3 is 10.2 Å². The standard InChI is InChI=1S/C29H33ClN2O2S/c1-3-22(2)31-29(34)27(18-23-11-6-4-7-12-23)32(19-24-13-8-5-9-14-24)28(33)21-35-20-25-15-10-16-26(30)17-25/h4-17,22,27H,3,18-21H2,1-2H3,(H,31,34)/t22-,27-/m0/s1. The average molecular weight is 509 g/mol. The smallest absolute Gasteiger partial charge is 0.243 e. The molecule has 0 bridgehead atoms. The maximum atomic E-state index is 13.6. The van der Waals surface area contributed by atoms with Gasteiger partial charge in [0.1, 0.15) is 6.04 Å². The first-order valence-corrected chi connectivity index (χ1v) is 13.5. The van der Waals surface area contributed by atoms with E-state index in [4.69, 9.17) is 11.6 Å². The molecule has 3 aromatic carbocycles. The number of amides is 2. The van der Waals surface area contributed by atoms with Gasteiger partial charge in [0.05, 0.1) is 5.75 Å². The van der Waals surface area contributed by atoms with E-state index in [0.717, 1.165) is 23.1 Å². The van der Waals surface area contributed by atoms with Crippen LogP contribution in [-0.2, 0) is 28.3 Å². The molecule has 3 aromatic rings. The summed E-state index contributed by atoms with van der Waals surface area (Å²) in [6, 6.07) is 26.8. The molecule has 0 saturated heterocycles. The number of nitrogens with one attached hydrogen (secondary N) is 1. The molecule has 0 unspecified atom stereocenters. The third-order valence-electron chi connectivity index (χ3n) is 5.85. The molecule has 1 N–H and O–H groups in total. The van der Waals surface area contributed by atoms with Crippen molar-refractivity contribution in [2.45, 2.75) is 51.1 Å². The van der Waals surface area contributed by atoms with Gasteiger partial charge in [-0.2, -0.15) is 0 Å². The van der Waals surface area contributed by atoms with E-state index in [1.54, 1.807) is 4.90 Å². The highest BCUT2D eigenvalue weighted by Gasteiger charge is 2.30. The zero-order valence-corrected chi connectivity index (χ0v) is 21.9. The van der Waals surface area contributed by atoms with E-state index in [1.165, 1.54) is 11.8 Å². The van der Waals surface area contributed by atoms with Gasteiger partial charge in [-0.25, -0.2) is 0 Å². The second-order valence-electron chi connectivity index (χ2n) is 8.65. The van der Waals surface area contributed by atoms with E-state index in [2.05, 4.69) is 5.32 Å². The fourth-order valence-electron chi connectivity index (χ4n) is 3.74. The van der Waals surface area contributed by atoms with Gasteiger partial charge in [0.25, 0.3) is 0 Å². The number of rotatable bonds is 12. The topological polar surface area (TPSA) is 49.4 Å². The molecule has 0 saturated carbocycles. The Morgan fingerprint density at radius 2 is 1.54 bits per heavy atom. The summed E-state index contributed by atoms with van der Waals surface area (Å²) in [4.78, 5) is 28.8. The summed E-state index contributed by atoms with van der Waals surface area (Å²) in [5.74, 6) is 0.781. The number of nitrogens with zero attached hydrogens (tertiary/aromatic N) is 1. The van der Waals surface area contributed by atoms with Crippen LogP contribution in [-0.4, -0.2) is 34.6 Å². The SMILES string of the molecule is CC[C@H](C)NC(=O)[C@H](Cc1ccccc1)N(Cc1ccccc1)C(=O)CSCc1cccc(Cl)c1. The van der Waals surface area contributed by atoms with Crippen LogP contribution in [0.4, 0.5) is 0 Å². The Morgan fingerprint density at radius 3 is 2.17 bits per heavy atom. The van der Waals surface area contributed by atoms with Crippen molar-refractivity contribution in [3.05, 3.63) is 107 Å². The number of thioether (sulfide) groups is 1. The molecule has 0 aromatic heterocycles. The molecule has 3 rings (SSSR count). The Hall–Kier alpha value is -2.76. The van der Waals surface area contributed by atoms with Crippen LogP contribution in [0.25, 0.3) is 0 Å². The predicted molar refractivity (Wildman–Crippen MR) is 146 cm³/mol. The lowest BCUT2D eigenvalue weighted by Gasteiger charge is -2.32. The van der Waals surface area contributed by atoms with E-state index in [1.807, 2.05) is 98.8 Å². The highest BCUT2D eigenvalue weighted by molar-refractivity contribution is 7.99. The van der Waals surface area contributed by atoms with Gasteiger partial charge in [0.2, 0.25) is 11.8 Å². The van der Waals surface area contributed by atoms with Gasteiger partial charge in [-0.05, 0) is 42.2 Å². The fourth-order valence-corrected chi connectivity index (χ4v) is 4.81. The van der Waals surface area contributed by atoms with Crippen LogP contribution >= 0.6 is 23.4 Å². The highest BCUT2D eigenvalue weighted by atomic mass is 35.5. The maximum absolute atomic E-state index is 13.6. The Labute approximate surface area is 218 Å². The van der Waals surface area contributed by atoms with Crippen molar-refractivity contribution in [3.8, 4) is 0 Å². The van der Waals surface area contributed by atoms with Crippen LogP contribution in [0, 0.1) is 0 Å². The lowest BCUT2D eigenvalue weighted by Crippen LogP contribution is -2.52. The van der Waals surface area contributed by atoms with Crippen LogP contribution in [0.15, 0.2) is 84.9 Å². The Morgan fingerprint density at radius 1 is 0.914 bits per heavy atom. The van der Waals surface area contributed by atoms with E-state index in [0.29, 0.717) is 23.7 Å². The van der Waals surface area contributed by atoms with E-state index in [9.17, 15) is 9.59 Å². The second-order valence-corrected chi connectivity index (χ2v) is 10.1. The minimum atomic E-state index is -0.606. The molecule has 0 aliphatic rings. The van der Waals surface area contributed by atoms with Gasteiger partial charge in [-0.3, -0.25) is 9.59 Å². The van der Waals surface area contributed by atoms with E-state index < -0.39 is 6.04 Å². The molecule has 2 atom stereocenters. The molecule has 2 amide bonds. The molecule has 0 spiro atoms. The van der Waals surface area contributed by atoms with Crippen LogP contribution in [0.5, 0.6) is 0 Å². The average Bonchev–Trinajstić information content (AvgIpc) is 2.87. The zero-order valence-electron chi connectivity index (χ0n) is 20.3. The molecule has 0 radical (unpaired) electrons. The summed E-state index contributed by atoms with van der Waals surface area (Å²) in [7, 11) is 0.